The molecule has 1 amide bonds. The Kier molecular flexibility index (Phi) is 6.27. The second-order valence-electron chi connectivity index (χ2n) is 6.91. The van der Waals surface area contributed by atoms with E-state index in [0.717, 1.165) is 11.3 Å². The van der Waals surface area contributed by atoms with E-state index in [2.05, 4.69) is 15.3 Å². The molecule has 0 radical (unpaired) electrons. The second-order valence-corrected chi connectivity index (χ2v) is 6.91. The summed E-state index contributed by atoms with van der Waals surface area (Å²) in [7, 11) is 0. The molecular weight excluding hydrogens is 404 g/mol. The van der Waals surface area contributed by atoms with Gasteiger partial charge in [0, 0.05) is 18.2 Å². The van der Waals surface area contributed by atoms with Gasteiger partial charge in [-0.1, -0.05) is 43.3 Å². The third kappa shape index (κ3) is 5.02. The van der Waals surface area contributed by atoms with Gasteiger partial charge in [0.15, 0.2) is 0 Å². The second kappa shape index (κ2) is 9.61. The minimum Gasteiger partial charge on any atom is -0.457 e. The topological polar surface area (TPSA) is 99.4 Å². The molecule has 0 saturated heterocycles. The minimum absolute atomic E-state index is 0.0769. The first-order valence-electron chi connectivity index (χ1n) is 10.1. The van der Waals surface area contributed by atoms with Gasteiger partial charge in [-0.2, -0.15) is 0 Å². The molecule has 1 aromatic heterocycles. The third-order valence-corrected chi connectivity index (χ3v) is 4.62. The van der Waals surface area contributed by atoms with Crippen molar-refractivity contribution in [2.75, 3.05) is 11.1 Å². The monoisotopic (exact) mass is 426 g/mol. The van der Waals surface area contributed by atoms with Crippen LogP contribution in [0.15, 0.2) is 85.2 Å². The summed E-state index contributed by atoms with van der Waals surface area (Å²) >= 11 is 0. The lowest BCUT2D eigenvalue weighted by atomic mass is 10.1. The highest BCUT2D eigenvalue weighted by Crippen LogP contribution is 2.36. The maximum absolute atomic E-state index is 11.7. The van der Waals surface area contributed by atoms with E-state index >= 15 is 0 Å². The molecule has 0 bridgehead atoms. The Bertz CT molecular complexity index is 1210. The van der Waals surface area contributed by atoms with Crippen molar-refractivity contribution in [2.45, 2.75) is 13.3 Å². The van der Waals surface area contributed by atoms with Crippen LogP contribution < -0.4 is 20.5 Å². The van der Waals surface area contributed by atoms with Crippen LogP contribution in [-0.2, 0) is 4.79 Å². The van der Waals surface area contributed by atoms with E-state index in [-0.39, 0.29) is 5.91 Å². The normalized spacial score (nSPS) is 10.4. The van der Waals surface area contributed by atoms with Crippen molar-refractivity contribution >= 4 is 17.4 Å². The summed E-state index contributed by atoms with van der Waals surface area (Å²) in [6.45, 7) is 1.79. The molecule has 7 nitrogen and oxygen atoms in total. The molecule has 4 aromatic rings. The Hall–Kier alpha value is -4.39. The lowest BCUT2D eigenvalue weighted by Gasteiger charge is -2.13. The molecule has 0 aliphatic heterocycles. The first kappa shape index (κ1) is 20.9. The molecule has 0 atom stereocenters. The first-order valence-corrected chi connectivity index (χ1v) is 10.1. The highest BCUT2D eigenvalue weighted by atomic mass is 16.5. The van der Waals surface area contributed by atoms with Gasteiger partial charge < -0.3 is 20.5 Å². The van der Waals surface area contributed by atoms with Crippen LogP contribution in [-0.4, -0.2) is 15.9 Å². The molecule has 32 heavy (non-hydrogen) atoms. The molecule has 0 aliphatic rings. The summed E-state index contributed by atoms with van der Waals surface area (Å²) in [5, 5.41) is 2.81. The van der Waals surface area contributed by atoms with Gasteiger partial charge in [0.05, 0.1) is 5.56 Å². The quantitative estimate of drug-likeness (QED) is 0.396. The van der Waals surface area contributed by atoms with Gasteiger partial charge in [-0.3, -0.25) is 4.79 Å². The number of aromatic nitrogens is 2. The number of nitrogens with two attached hydrogens (primary N) is 1. The Morgan fingerprint density at radius 1 is 0.875 bits per heavy atom. The number of hydrogen-bond donors (Lipinski definition) is 2. The van der Waals surface area contributed by atoms with Gasteiger partial charge in [-0.15, -0.1) is 0 Å². The van der Waals surface area contributed by atoms with E-state index in [0.29, 0.717) is 40.9 Å². The van der Waals surface area contributed by atoms with E-state index in [1.54, 1.807) is 31.2 Å². The number of rotatable bonds is 7. The van der Waals surface area contributed by atoms with E-state index < -0.39 is 0 Å². The number of nitrogens with zero attached hydrogens (tertiary/aromatic N) is 2. The zero-order valence-electron chi connectivity index (χ0n) is 17.5. The number of carbonyl (C=O) groups excluding carboxylic acids is 1. The van der Waals surface area contributed by atoms with E-state index in [1.807, 2.05) is 54.6 Å². The Balaban J connectivity index is 1.58. The number of amides is 1. The van der Waals surface area contributed by atoms with Crippen LogP contribution in [0.3, 0.4) is 0 Å². The predicted molar refractivity (Wildman–Crippen MR) is 124 cm³/mol. The molecule has 7 heteroatoms. The molecule has 3 N–H and O–H groups in total. The fraction of sp³-hybridized carbons (Fsp3) is 0.0800. The van der Waals surface area contributed by atoms with Gasteiger partial charge in [0.2, 0.25) is 11.8 Å². The van der Waals surface area contributed by atoms with Gasteiger partial charge >= 0.3 is 0 Å². The van der Waals surface area contributed by atoms with Crippen LogP contribution in [0, 0.1) is 0 Å². The van der Waals surface area contributed by atoms with Crippen molar-refractivity contribution in [1.82, 2.24) is 9.97 Å². The molecule has 0 spiro atoms. The van der Waals surface area contributed by atoms with Gasteiger partial charge in [0.1, 0.15) is 29.4 Å². The number of hydrogen-bond acceptors (Lipinski definition) is 6. The number of ether oxygens (including phenoxy) is 2. The SMILES string of the molecule is CCC(=O)Nc1cccc(Oc2ncnc(N)c2-c2ccc(Oc3ccccc3)cc2)c1. The molecule has 0 aliphatic carbocycles. The Labute approximate surface area is 185 Å². The van der Waals surface area contributed by atoms with Crippen LogP contribution >= 0.6 is 0 Å². The zero-order valence-corrected chi connectivity index (χ0v) is 17.5. The van der Waals surface area contributed by atoms with Crippen LogP contribution in [0.2, 0.25) is 0 Å². The lowest BCUT2D eigenvalue weighted by Crippen LogP contribution is -2.09. The van der Waals surface area contributed by atoms with Crippen LogP contribution in [0.25, 0.3) is 11.1 Å². The van der Waals surface area contributed by atoms with Crippen molar-refractivity contribution in [3.63, 3.8) is 0 Å². The van der Waals surface area contributed by atoms with E-state index in [1.165, 1.54) is 6.33 Å². The van der Waals surface area contributed by atoms with Crippen molar-refractivity contribution < 1.29 is 14.3 Å². The van der Waals surface area contributed by atoms with E-state index in [4.69, 9.17) is 15.2 Å². The summed E-state index contributed by atoms with van der Waals surface area (Å²) in [6, 6.07) is 24.1. The number of carbonyl (C=O) groups is 1. The Morgan fingerprint density at radius 2 is 1.59 bits per heavy atom. The standard InChI is InChI=1S/C25H22N4O3/c1-2-22(30)29-18-7-6-10-21(15-18)32-25-23(24(26)27-16-28-25)17-11-13-20(14-12-17)31-19-8-4-3-5-9-19/h3-16H,2H2,1H3,(H,29,30)(H2,26,27,28). The zero-order chi connectivity index (χ0) is 22.3. The predicted octanol–water partition coefficient (Wildman–Crippen LogP) is 5.66. The largest absolute Gasteiger partial charge is 0.457 e. The van der Waals surface area contributed by atoms with Crippen molar-refractivity contribution in [3.8, 4) is 34.3 Å². The van der Waals surface area contributed by atoms with Crippen LogP contribution in [0.1, 0.15) is 13.3 Å². The maximum atomic E-state index is 11.7. The van der Waals surface area contributed by atoms with Crippen LogP contribution in [0.5, 0.6) is 23.1 Å². The maximum Gasteiger partial charge on any atom is 0.232 e. The van der Waals surface area contributed by atoms with Gasteiger partial charge in [-0.05, 0) is 42.0 Å². The molecule has 3 aromatic carbocycles. The number of nitrogens with one attached hydrogen (secondary N) is 1. The highest BCUT2D eigenvalue weighted by Gasteiger charge is 2.15. The molecule has 1 heterocycles. The van der Waals surface area contributed by atoms with Gasteiger partial charge in [-0.25, -0.2) is 9.97 Å². The third-order valence-electron chi connectivity index (χ3n) is 4.62. The average Bonchev–Trinajstić information content (AvgIpc) is 2.81. The summed E-state index contributed by atoms with van der Waals surface area (Å²) < 4.78 is 11.9. The first-order chi connectivity index (χ1) is 15.6. The lowest BCUT2D eigenvalue weighted by molar-refractivity contribution is -0.115. The molecule has 0 unspecified atom stereocenters. The van der Waals surface area contributed by atoms with Crippen molar-refractivity contribution in [3.05, 3.63) is 85.2 Å². The summed E-state index contributed by atoms with van der Waals surface area (Å²) in [5.41, 5.74) is 8.16. The molecular formula is C25H22N4O3. The van der Waals surface area contributed by atoms with Crippen molar-refractivity contribution in [2.24, 2.45) is 0 Å². The molecule has 160 valence electrons. The molecule has 0 fully saturated rings. The number of para-hydroxylation sites is 1. The number of anilines is 2. The molecule has 0 saturated carbocycles. The average molecular weight is 426 g/mol. The summed E-state index contributed by atoms with van der Waals surface area (Å²) in [4.78, 5) is 20.1. The Morgan fingerprint density at radius 3 is 2.34 bits per heavy atom. The van der Waals surface area contributed by atoms with Gasteiger partial charge in [0.25, 0.3) is 0 Å². The summed E-state index contributed by atoms with van der Waals surface area (Å²) in [5.74, 6) is 2.49. The fourth-order valence-corrected chi connectivity index (χ4v) is 3.04. The number of benzene rings is 3. The highest BCUT2D eigenvalue weighted by molar-refractivity contribution is 5.90. The van der Waals surface area contributed by atoms with Crippen molar-refractivity contribution in [1.29, 1.82) is 0 Å². The molecule has 4 rings (SSSR count). The number of nitrogen functional groups attached to an aromatic ring is 1. The van der Waals surface area contributed by atoms with Crippen LogP contribution in [0.4, 0.5) is 11.5 Å². The summed E-state index contributed by atoms with van der Waals surface area (Å²) in [6.07, 6.45) is 1.74. The minimum atomic E-state index is -0.0769. The smallest absolute Gasteiger partial charge is 0.232 e. The van der Waals surface area contributed by atoms with E-state index in [9.17, 15) is 4.79 Å². The fourth-order valence-electron chi connectivity index (χ4n) is 3.04.